The number of hydrogen-bond donors (Lipinski definition) is 2. The summed E-state index contributed by atoms with van der Waals surface area (Å²) in [6.45, 7) is 4.94. The molecule has 5 heteroatoms. The maximum atomic E-state index is 10.5. The molecule has 3 aromatic carbocycles. The van der Waals surface area contributed by atoms with Crippen LogP contribution in [0, 0.1) is 0 Å². The molecular formula is C28H30N4O. The Morgan fingerprint density at radius 2 is 1.67 bits per heavy atom. The van der Waals surface area contributed by atoms with Gasteiger partial charge in [0.15, 0.2) is 0 Å². The molecule has 2 unspecified atom stereocenters. The van der Waals surface area contributed by atoms with Gasteiger partial charge in [-0.15, -0.1) is 0 Å². The number of rotatable bonds is 6. The van der Waals surface area contributed by atoms with Gasteiger partial charge in [-0.3, -0.25) is 0 Å². The van der Waals surface area contributed by atoms with Crippen LogP contribution in [0.3, 0.4) is 0 Å². The number of anilines is 3. The summed E-state index contributed by atoms with van der Waals surface area (Å²) in [6, 6.07) is 27.1. The first-order valence-electron chi connectivity index (χ1n) is 11.7. The van der Waals surface area contributed by atoms with Gasteiger partial charge in [0.05, 0.1) is 11.6 Å². The zero-order valence-electron chi connectivity index (χ0n) is 19.1. The summed E-state index contributed by atoms with van der Waals surface area (Å²) in [4.78, 5) is 12.1. The van der Waals surface area contributed by atoms with Crippen molar-refractivity contribution in [1.29, 1.82) is 0 Å². The Morgan fingerprint density at radius 1 is 0.939 bits per heavy atom. The normalized spacial score (nSPS) is 18.2. The highest BCUT2D eigenvalue weighted by molar-refractivity contribution is 5.92. The molecule has 2 atom stereocenters. The average molecular weight is 439 g/mol. The van der Waals surface area contributed by atoms with Crippen LogP contribution in [0.1, 0.15) is 37.3 Å². The van der Waals surface area contributed by atoms with Crippen molar-refractivity contribution < 1.29 is 5.11 Å². The number of hydrogen-bond acceptors (Lipinski definition) is 5. The Labute approximate surface area is 195 Å². The molecule has 1 aliphatic heterocycles. The van der Waals surface area contributed by atoms with Crippen LogP contribution in [0.25, 0.3) is 10.9 Å². The first-order chi connectivity index (χ1) is 16.1. The second-order valence-corrected chi connectivity index (χ2v) is 9.14. The quantitative estimate of drug-likeness (QED) is 0.406. The number of fused-ring (bicyclic) bond motifs is 1. The van der Waals surface area contributed by atoms with Crippen LogP contribution in [0.4, 0.5) is 17.5 Å². The van der Waals surface area contributed by atoms with Crippen molar-refractivity contribution in [3.8, 4) is 0 Å². The molecule has 0 bridgehead atoms. The first kappa shape index (κ1) is 21.4. The third kappa shape index (κ3) is 4.55. The van der Waals surface area contributed by atoms with E-state index in [0.29, 0.717) is 24.8 Å². The predicted octanol–water partition coefficient (Wildman–Crippen LogP) is 5.68. The lowest BCUT2D eigenvalue weighted by molar-refractivity contribution is 0.194. The van der Waals surface area contributed by atoms with Gasteiger partial charge in [-0.1, -0.05) is 74.5 Å². The molecule has 1 aliphatic rings. The van der Waals surface area contributed by atoms with Gasteiger partial charge in [0.1, 0.15) is 5.82 Å². The maximum absolute atomic E-state index is 10.5. The lowest BCUT2D eigenvalue weighted by Gasteiger charge is -2.25. The molecule has 1 fully saturated rings. The fraction of sp³-hybridized carbons (Fsp3) is 0.286. The maximum Gasteiger partial charge on any atom is 0.228 e. The highest BCUT2D eigenvalue weighted by atomic mass is 16.3. The van der Waals surface area contributed by atoms with Gasteiger partial charge < -0.3 is 15.3 Å². The van der Waals surface area contributed by atoms with Gasteiger partial charge in [-0.25, -0.2) is 4.98 Å². The minimum atomic E-state index is -0.383. The molecule has 5 nitrogen and oxygen atoms in total. The highest BCUT2D eigenvalue weighted by Gasteiger charge is 2.33. The van der Waals surface area contributed by atoms with Gasteiger partial charge in [0.2, 0.25) is 5.95 Å². The number of nitrogens with one attached hydrogen (secondary N) is 1. The van der Waals surface area contributed by atoms with Crippen molar-refractivity contribution in [1.82, 2.24) is 9.97 Å². The summed E-state index contributed by atoms with van der Waals surface area (Å²) in [6.07, 6.45) is 1.18. The molecular weight excluding hydrogens is 408 g/mol. The van der Waals surface area contributed by atoms with Gasteiger partial charge in [-0.2, -0.15) is 4.98 Å². The number of benzene rings is 3. The molecule has 0 saturated carbocycles. The molecule has 0 aliphatic carbocycles. The lowest BCUT2D eigenvalue weighted by Crippen LogP contribution is -2.33. The zero-order chi connectivity index (χ0) is 22.8. The Morgan fingerprint density at radius 3 is 2.48 bits per heavy atom. The van der Waals surface area contributed by atoms with Crippen LogP contribution in [0.5, 0.6) is 0 Å². The van der Waals surface area contributed by atoms with E-state index < -0.39 is 0 Å². The number of aliphatic hydroxyl groups is 1. The number of aromatic nitrogens is 2. The van der Waals surface area contributed by atoms with Crippen molar-refractivity contribution in [2.45, 2.75) is 44.8 Å². The SMILES string of the molecule is CC(C)c1ccccc1Nc1nc(N2CC(O)CC2Cc2ccccc2)nc2ccccc12. The molecule has 5 rings (SSSR count). The van der Waals surface area contributed by atoms with E-state index in [1.165, 1.54) is 11.1 Å². The first-order valence-corrected chi connectivity index (χ1v) is 11.7. The Kier molecular flexibility index (Phi) is 5.97. The minimum absolute atomic E-state index is 0.152. The van der Waals surface area contributed by atoms with E-state index in [9.17, 15) is 5.11 Å². The van der Waals surface area contributed by atoms with E-state index in [2.05, 4.69) is 72.6 Å². The average Bonchev–Trinajstić information content (AvgIpc) is 3.19. The fourth-order valence-electron chi connectivity index (χ4n) is 4.75. The smallest absolute Gasteiger partial charge is 0.228 e. The number of nitrogens with zero attached hydrogens (tertiary/aromatic N) is 3. The molecule has 0 spiro atoms. The van der Waals surface area contributed by atoms with Crippen LogP contribution in [0.15, 0.2) is 78.9 Å². The summed E-state index contributed by atoms with van der Waals surface area (Å²) in [7, 11) is 0. The Hall–Kier alpha value is -3.44. The molecule has 4 aromatic rings. The number of aliphatic hydroxyl groups excluding tert-OH is 1. The lowest BCUT2D eigenvalue weighted by atomic mass is 10.0. The van der Waals surface area contributed by atoms with Crippen molar-refractivity contribution in [2.75, 3.05) is 16.8 Å². The fourth-order valence-corrected chi connectivity index (χ4v) is 4.75. The van der Waals surface area contributed by atoms with Gasteiger partial charge in [0.25, 0.3) is 0 Å². The number of para-hydroxylation sites is 2. The third-order valence-electron chi connectivity index (χ3n) is 6.39. The molecule has 33 heavy (non-hydrogen) atoms. The Bertz CT molecular complexity index is 1240. The monoisotopic (exact) mass is 438 g/mol. The van der Waals surface area contributed by atoms with E-state index in [0.717, 1.165) is 28.8 Å². The van der Waals surface area contributed by atoms with Gasteiger partial charge in [0, 0.05) is 23.7 Å². The zero-order valence-corrected chi connectivity index (χ0v) is 19.1. The standard InChI is InChI=1S/C28H30N4O/c1-19(2)23-12-6-8-14-25(23)29-27-24-13-7-9-15-26(24)30-28(31-27)32-18-22(33)17-21(32)16-20-10-4-3-5-11-20/h3-15,19,21-22,33H,16-18H2,1-2H3,(H,29,30,31). The third-order valence-corrected chi connectivity index (χ3v) is 6.39. The minimum Gasteiger partial charge on any atom is -0.391 e. The summed E-state index contributed by atoms with van der Waals surface area (Å²) in [5.41, 5.74) is 4.46. The summed E-state index contributed by atoms with van der Waals surface area (Å²) in [5.74, 6) is 1.85. The van der Waals surface area contributed by atoms with E-state index in [-0.39, 0.29) is 12.1 Å². The molecule has 2 N–H and O–H groups in total. The summed E-state index contributed by atoms with van der Waals surface area (Å²) >= 11 is 0. The summed E-state index contributed by atoms with van der Waals surface area (Å²) in [5, 5.41) is 15.1. The molecule has 0 amide bonds. The second-order valence-electron chi connectivity index (χ2n) is 9.14. The van der Waals surface area contributed by atoms with Crippen LogP contribution < -0.4 is 10.2 Å². The Balaban J connectivity index is 1.54. The molecule has 168 valence electrons. The van der Waals surface area contributed by atoms with Crippen LogP contribution in [-0.2, 0) is 6.42 Å². The summed E-state index contributed by atoms with van der Waals surface area (Å²) < 4.78 is 0. The molecule has 1 aromatic heterocycles. The highest BCUT2D eigenvalue weighted by Crippen LogP contribution is 2.33. The van der Waals surface area contributed by atoms with Crippen LogP contribution in [-0.4, -0.2) is 33.8 Å². The van der Waals surface area contributed by atoms with E-state index >= 15 is 0 Å². The topological polar surface area (TPSA) is 61.3 Å². The van der Waals surface area contributed by atoms with Crippen molar-refractivity contribution >= 4 is 28.4 Å². The largest absolute Gasteiger partial charge is 0.391 e. The van der Waals surface area contributed by atoms with Crippen molar-refractivity contribution in [3.05, 3.63) is 90.0 Å². The van der Waals surface area contributed by atoms with E-state index in [4.69, 9.17) is 9.97 Å². The van der Waals surface area contributed by atoms with Crippen molar-refractivity contribution in [3.63, 3.8) is 0 Å². The second kappa shape index (κ2) is 9.20. The predicted molar refractivity (Wildman–Crippen MR) is 135 cm³/mol. The van der Waals surface area contributed by atoms with Crippen LogP contribution in [0.2, 0.25) is 0 Å². The molecule has 1 saturated heterocycles. The van der Waals surface area contributed by atoms with E-state index in [1.54, 1.807) is 0 Å². The molecule has 2 heterocycles. The van der Waals surface area contributed by atoms with Crippen molar-refractivity contribution in [2.24, 2.45) is 0 Å². The van der Waals surface area contributed by atoms with Gasteiger partial charge in [-0.05, 0) is 48.1 Å². The van der Waals surface area contributed by atoms with Crippen LogP contribution >= 0.6 is 0 Å². The molecule has 0 radical (unpaired) electrons. The van der Waals surface area contributed by atoms with Gasteiger partial charge >= 0.3 is 0 Å². The number of β-amino-alcohol motifs (C(OH)–C–C–N with tert-alkyl or cyclic N) is 1. The van der Waals surface area contributed by atoms with E-state index in [1.807, 2.05) is 30.3 Å².